The summed E-state index contributed by atoms with van der Waals surface area (Å²) in [5, 5.41) is 7.59. The van der Waals surface area contributed by atoms with Gasteiger partial charge < -0.3 is 26.5 Å². The SMILES string of the molecule is N=C(N)N(CCCC(N)C(=O)OCc1ccccc1-c1nc(Cl)nc2c1ncn2C1CC1)C(=O)CN. The fourth-order valence-corrected chi connectivity index (χ4v) is 4.07. The van der Waals surface area contributed by atoms with Crippen molar-refractivity contribution >= 4 is 40.6 Å². The van der Waals surface area contributed by atoms with Crippen LogP contribution in [0.1, 0.15) is 37.3 Å². The molecule has 36 heavy (non-hydrogen) atoms. The smallest absolute Gasteiger partial charge is 0.323 e. The van der Waals surface area contributed by atoms with Crippen LogP contribution in [0.5, 0.6) is 0 Å². The molecule has 0 spiro atoms. The van der Waals surface area contributed by atoms with Gasteiger partial charge in [0.2, 0.25) is 11.2 Å². The molecule has 1 aliphatic rings. The average molecular weight is 514 g/mol. The zero-order valence-electron chi connectivity index (χ0n) is 19.6. The van der Waals surface area contributed by atoms with Crippen LogP contribution in [0.4, 0.5) is 0 Å². The normalized spacial score (nSPS) is 14.0. The number of benzene rings is 1. The Kier molecular flexibility index (Phi) is 7.77. The second-order valence-electron chi connectivity index (χ2n) is 8.54. The van der Waals surface area contributed by atoms with Crippen LogP contribution in [0.3, 0.4) is 0 Å². The minimum atomic E-state index is -0.909. The van der Waals surface area contributed by atoms with Crippen molar-refractivity contribution in [1.29, 1.82) is 5.41 Å². The van der Waals surface area contributed by atoms with Gasteiger partial charge in [-0.2, -0.15) is 4.98 Å². The number of halogens is 1. The summed E-state index contributed by atoms with van der Waals surface area (Å²) in [6.45, 7) is -0.161. The Morgan fingerprint density at radius 3 is 2.72 bits per heavy atom. The molecule has 1 saturated carbocycles. The highest BCUT2D eigenvalue weighted by Crippen LogP contribution is 2.38. The Morgan fingerprint density at radius 2 is 2.03 bits per heavy atom. The highest BCUT2D eigenvalue weighted by molar-refractivity contribution is 6.28. The summed E-state index contributed by atoms with van der Waals surface area (Å²) in [7, 11) is 0. The molecule has 190 valence electrons. The van der Waals surface area contributed by atoms with Crippen molar-refractivity contribution in [3.63, 3.8) is 0 Å². The van der Waals surface area contributed by atoms with Crippen LogP contribution in [0.25, 0.3) is 22.4 Å². The van der Waals surface area contributed by atoms with Crippen LogP contribution >= 0.6 is 11.6 Å². The van der Waals surface area contributed by atoms with E-state index in [2.05, 4.69) is 15.0 Å². The second kappa shape index (κ2) is 11.0. The molecular weight excluding hydrogens is 486 g/mol. The van der Waals surface area contributed by atoms with E-state index in [9.17, 15) is 9.59 Å². The number of nitrogens with zero attached hydrogens (tertiary/aromatic N) is 5. The third-order valence-electron chi connectivity index (χ3n) is 5.94. The zero-order chi connectivity index (χ0) is 25.8. The van der Waals surface area contributed by atoms with Gasteiger partial charge in [-0.1, -0.05) is 24.3 Å². The molecule has 1 fully saturated rings. The number of hydrogen-bond acceptors (Lipinski definition) is 9. The van der Waals surface area contributed by atoms with Crippen molar-refractivity contribution in [2.75, 3.05) is 13.1 Å². The minimum absolute atomic E-state index is 0.0274. The van der Waals surface area contributed by atoms with Gasteiger partial charge in [-0.3, -0.25) is 19.9 Å². The van der Waals surface area contributed by atoms with Crippen molar-refractivity contribution in [3.05, 3.63) is 41.4 Å². The number of hydrogen-bond donors (Lipinski definition) is 4. The quantitative estimate of drug-likeness (QED) is 0.134. The molecule has 3 aromatic rings. The third-order valence-corrected chi connectivity index (χ3v) is 6.11. The molecular formula is C23H28ClN9O3. The van der Waals surface area contributed by atoms with Crippen LogP contribution in [0.15, 0.2) is 30.6 Å². The number of esters is 1. The number of nitrogens with two attached hydrogens (primary N) is 3. The summed E-state index contributed by atoms with van der Waals surface area (Å²) in [4.78, 5) is 38.7. The highest BCUT2D eigenvalue weighted by Gasteiger charge is 2.27. The van der Waals surface area contributed by atoms with E-state index in [1.165, 1.54) is 0 Å². The number of imidazole rings is 1. The summed E-state index contributed by atoms with van der Waals surface area (Å²) in [6, 6.07) is 6.85. The lowest BCUT2D eigenvalue weighted by molar-refractivity contribution is -0.146. The first-order valence-corrected chi connectivity index (χ1v) is 11.9. The molecule has 7 N–H and O–H groups in total. The maximum Gasteiger partial charge on any atom is 0.323 e. The van der Waals surface area contributed by atoms with Gasteiger partial charge in [-0.25, -0.2) is 9.97 Å². The Labute approximate surface area is 212 Å². The van der Waals surface area contributed by atoms with Gasteiger partial charge in [0.05, 0.1) is 12.9 Å². The molecule has 0 bridgehead atoms. The first-order valence-electron chi connectivity index (χ1n) is 11.5. The number of carbonyl (C=O) groups is 2. The fourth-order valence-electron chi connectivity index (χ4n) is 3.91. The highest BCUT2D eigenvalue weighted by atomic mass is 35.5. The number of fused-ring (bicyclic) bond motifs is 1. The van der Waals surface area contributed by atoms with Crippen LogP contribution < -0.4 is 17.2 Å². The van der Waals surface area contributed by atoms with Crippen molar-refractivity contribution < 1.29 is 14.3 Å². The molecule has 1 amide bonds. The first kappa shape index (κ1) is 25.5. The predicted molar refractivity (Wildman–Crippen MR) is 134 cm³/mol. The van der Waals surface area contributed by atoms with Crippen molar-refractivity contribution in [2.45, 2.75) is 44.4 Å². The number of amides is 1. The Bertz CT molecular complexity index is 1290. The number of aromatic nitrogens is 4. The van der Waals surface area contributed by atoms with E-state index in [-0.39, 0.29) is 31.4 Å². The van der Waals surface area contributed by atoms with Gasteiger partial charge in [0, 0.05) is 18.2 Å². The molecule has 4 rings (SSSR count). The molecule has 1 aromatic carbocycles. The van der Waals surface area contributed by atoms with Gasteiger partial charge in [0.25, 0.3) is 0 Å². The van der Waals surface area contributed by atoms with Crippen LogP contribution in [-0.2, 0) is 20.9 Å². The molecule has 0 aliphatic heterocycles. The monoisotopic (exact) mass is 513 g/mol. The van der Waals surface area contributed by atoms with E-state index in [0.29, 0.717) is 34.9 Å². The lowest BCUT2D eigenvalue weighted by Crippen LogP contribution is -2.45. The number of nitrogens with one attached hydrogen (secondary N) is 1. The second-order valence-corrected chi connectivity index (χ2v) is 8.88. The topological polar surface area (TPSA) is 192 Å². The van der Waals surface area contributed by atoms with E-state index in [4.69, 9.17) is 38.9 Å². The van der Waals surface area contributed by atoms with E-state index in [1.54, 1.807) is 6.33 Å². The van der Waals surface area contributed by atoms with Crippen LogP contribution in [0, 0.1) is 5.41 Å². The van der Waals surface area contributed by atoms with E-state index in [1.807, 2.05) is 28.8 Å². The largest absolute Gasteiger partial charge is 0.460 e. The summed E-state index contributed by atoms with van der Waals surface area (Å²) in [6.07, 6.45) is 4.49. The van der Waals surface area contributed by atoms with Crippen molar-refractivity contribution in [1.82, 2.24) is 24.4 Å². The molecule has 1 atom stereocenters. The van der Waals surface area contributed by atoms with Gasteiger partial charge in [0.1, 0.15) is 23.9 Å². The van der Waals surface area contributed by atoms with E-state index >= 15 is 0 Å². The van der Waals surface area contributed by atoms with E-state index in [0.717, 1.165) is 23.3 Å². The standard InChI is InChI=1S/C23H28ClN9O3/c24-22-30-18(19-20(31-22)33(12-29-19)14-7-8-14)15-5-2-1-4-13(15)11-36-21(35)16(26)6-3-9-32(23(27)28)17(34)10-25/h1-2,4-5,12,14,16H,3,6-11,25-26H2,(H3,27,28). The summed E-state index contributed by atoms with van der Waals surface area (Å²) in [5.74, 6) is -1.47. The lowest BCUT2D eigenvalue weighted by Gasteiger charge is -2.20. The number of ether oxygens (including phenoxy) is 1. The van der Waals surface area contributed by atoms with Crippen LogP contribution in [-0.4, -0.2) is 61.4 Å². The van der Waals surface area contributed by atoms with Gasteiger partial charge >= 0.3 is 5.97 Å². The Hall–Kier alpha value is -3.61. The number of guanidine groups is 1. The van der Waals surface area contributed by atoms with E-state index < -0.39 is 23.9 Å². The van der Waals surface area contributed by atoms with Gasteiger partial charge in [-0.15, -0.1) is 0 Å². The van der Waals surface area contributed by atoms with Crippen molar-refractivity contribution in [3.8, 4) is 11.3 Å². The molecule has 12 nitrogen and oxygen atoms in total. The zero-order valence-corrected chi connectivity index (χ0v) is 20.3. The Morgan fingerprint density at radius 1 is 1.28 bits per heavy atom. The summed E-state index contributed by atoms with van der Waals surface area (Å²) in [5.41, 5.74) is 20.1. The molecule has 1 unspecified atom stereocenters. The molecule has 0 saturated heterocycles. The number of carbonyl (C=O) groups excluding carboxylic acids is 2. The average Bonchev–Trinajstić information content (AvgIpc) is 3.63. The Balaban J connectivity index is 1.43. The molecule has 2 aromatic heterocycles. The lowest BCUT2D eigenvalue weighted by atomic mass is 10.0. The molecule has 1 aliphatic carbocycles. The van der Waals surface area contributed by atoms with Gasteiger partial charge in [-0.05, 0) is 42.8 Å². The molecule has 13 heteroatoms. The minimum Gasteiger partial charge on any atom is -0.460 e. The summed E-state index contributed by atoms with van der Waals surface area (Å²) < 4.78 is 7.50. The number of rotatable bonds is 10. The van der Waals surface area contributed by atoms with Crippen molar-refractivity contribution in [2.24, 2.45) is 17.2 Å². The molecule has 2 heterocycles. The molecule has 0 radical (unpaired) electrons. The summed E-state index contributed by atoms with van der Waals surface area (Å²) >= 11 is 6.25. The third kappa shape index (κ3) is 5.61. The van der Waals surface area contributed by atoms with Crippen LogP contribution in [0.2, 0.25) is 5.28 Å². The maximum atomic E-state index is 12.5. The predicted octanol–water partition coefficient (Wildman–Crippen LogP) is 1.31. The first-order chi connectivity index (χ1) is 17.3. The maximum absolute atomic E-state index is 12.5. The van der Waals surface area contributed by atoms with Gasteiger partial charge in [0.15, 0.2) is 11.6 Å². The fraction of sp³-hybridized carbons (Fsp3) is 0.391.